The number of nitrogen functional groups attached to an aromatic ring is 1. The smallest absolute Gasteiger partial charge is 0.265 e. The number of methoxy groups -OCH3 is 1. The first-order chi connectivity index (χ1) is 8.52. The van der Waals surface area contributed by atoms with Crippen molar-refractivity contribution in [3.05, 3.63) is 10.9 Å². The molecule has 1 aromatic rings. The Morgan fingerprint density at radius 2 is 2.33 bits per heavy atom. The standard InChI is InChI=1S/C12H19N3O2S/c1-14(2)12(16)11-9(13)6-10(18-11)15-5-4-8(7-15)17-3/h6,8H,4-5,7,13H2,1-3H3. The average molecular weight is 269 g/mol. The first kappa shape index (κ1) is 13.2. The second-order valence-electron chi connectivity index (χ2n) is 4.66. The van der Waals surface area contributed by atoms with E-state index in [2.05, 4.69) is 4.90 Å². The number of nitrogens with zero attached hydrogens (tertiary/aromatic N) is 2. The van der Waals surface area contributed by atoms with Gasteiger partial charge in [-0.15, -0.1) is 11.3 Å². The summed E-state index contributed by atoms with van der Waals surface area (Å²) in [6.45, 7) is 1.82. The number of rotatable bonds is 3. The highest BCUT2D eigenvalue weighted by Gasteiger charge is 2.25. The van der Waals surface area contributed by atoms with Crippen LogP contribution >= 0.6 is 11.3 Å². The number of nitrogens with two attached hydrogens (primary N) is 1. The van der Waals surface area contributed by atoms with Crippen molar-refractivity contribution >= 4 is 27.9 Å². The molecule has 2 N–H and O–H groups in total. The summed E-state index contributed by atoms with van der Waals surface area (Å²) in [5.74, 6) is -0.0359. The maximum Gasteiger partial charge on any atom is 0.265 e. The number of hydrogen-bond acceptors (Lipinski definition) is 5. The molecule has 0 bridgehead atoms. The first-order valence-electron chi connectivity index (χ1n) is 5.91. The Balaban J connectivity index is 2.17. The highest BCUT2D eigenvalue weighted by molar-refractivity contribution is 7.18. The van der Waals surface area contributed by atoms with Gasteiger partial charge in [-0.2, -0.15) is 0 Å². The van der Waals surface area contributed by atoms with E-state index < -0.39 is 0 Å². The van der Waals surface area contributed by atoms with Gasteiger partial charge >= 0.3 is 0 Å². The third kappa shape index (κ3) is 2.44. The van der Waals surface area contributed by atoms with E-state index >= 15 is 0 Å². The molecular weight excluding hydrogens is 250 g/mol. The van der Waals surface area contributed by atoms with Crippen LogP contribution in [0.3, 0.4) is 0 Å². The minimum absolute atomic E-state index is 0.0359. The summed E-state index contributed by atoms with van der Waals surface area (Å²) in [5.41, 5.74) is 6.48. The first-order valence-corrected chi connectivity index (χ1v) is 6.73. The topological polar surface area (TPSA) is 58.8 Å². The van der Waals surface area contributed by atoms with Crippen LogP contribution < -0.4 is 10.6 Å². The fourth-order valence-corrected chi connectivity index (χ4v) is 3.17. The number of hydrogen-bond donors (Lipinski definition) is 1. The zero-order chi connectivity index (χ0) is 13.3. The van der Waals surface area contributed by atoms with Crippen LogP contribution in [0.1, 0.15) is 16.1 Å². The van der Waals surface area contributed by atoms with Gasteiger partial charge < -0.3 is 20.3 Å². The van der Waals surface area contributed by atoms with Gasteiger partial charge in [0.05, 0.1) is 16.8 Å². The Kier molecular flexibility index (Phi) is 3.77. The largest absolute Gasteiger partial charge is 0.397 e. The summed E-state index contributed by atoms with van der Waals surface area (Å²) >= 11 is 1.46. The van der Waals surface area contributed by atoms with E-state index in [1.807, 2.05) is 6.07 Å². The normalized spacial score (nSPS) is 19.3. The van der Waals surface area contributed by atoms with Crippen molar-refractivity contribution in [2.24, 2.45) is 0 Å². The Bertz CT molecular complexity index is 445. The van der Waals surface area contributed by atoms with E-state index in [0.29, 0.717) is 10.6 Å². The molecule has 1 fully saturated rings. The quantitative estimate of drug-likeness (QED) is 0.897. The maximum absolute atomic E-state index is 11.9. The lowest BCUT2D eigenvalue weighted by molar-refractivity contribution is 0.0833. The van der Waals surface area contributed by atoms with Gasteiger partial charge in [0.1, 0.15) is 4.88 Å². The highest BCUT2D eigenvalue weighted by Crippen LogP contribution is 2.34. The van der Waals surface area contributed by atoms with Gasteiger partial charge in [-0.05, 0) is 12.5 Å². The Hall–Kier alpha value is -1.27. The molecule has 1 amide bonds. The fraction of sp³-hybridized carbons (Fsp3) is 0.583. The van der Waals surface area contributed by atoms with Crippen LogP contribution in [-0.2, 0) is 4.74 Å². The van der Waals surface area contributed by atoms with Crippen LogP contribution in [0.5, 0.6) is 0 Å². The predicted octanol–water partition coefficient (Wildman–Crippen LogP) is 1.26. The van der Waals surface area contributed by atoms with E-state index in [9.17, 15) is 4.79 Å². The zero-order valence-electron chi connectivity index (χ0n) is 11.0. The second kappa shape index (κ2) is 5.16. The van der Waals surface area contributed by atoms with Gasteiger partial charge in [0.15, 0.2) is 0 Å². The van der Waals surface area contributed by atoms with Crippen LogP contribution in [0.4, 0.5) is 10.7 Å². The summed E-state index contributed by atoms with van der Waals surface area (Å²) in [6, 6.07) is 1.89. The molecule has 18 heavy (non-hydrogen) atoms. The second-order valence-corrected chi connectivity index (χ2v) is 5.69. The number of carbonyl (C=O) groups is 1. The van der Waals surface area contributed by atoms with Crippen molar-refractivity contribution in [3.63, 3.8) is 0 Å². The predicted molar refractivity (Wildman–Crippen MR) is 74.4 cm³/mol. The maximum atomic E-state index is 11.9. The van der Waals surface area contributed by atoms with Crippen molar-refractivity contribution in [2.45, 2.75) is 12.5 Å². The van der Waals surface area contributed by atoms with Crippen molar-refractivity contribution < 1.29 is 9.53 Å². The number of amides is 1. The van der Waals surface area contributed by atoms with E-state index in [-0.39, 0.29) is 12.0 Å². The lowest BCUT2D eigenvalue weighted by atomic mass is 10.3. The van der Waals surface area contributed by atoms with E-state index in [1.54, 1.807) is 26.1 Å². The number of carbonyl (C=O) groups excluding carboxylic acids is 1. The monoisotopic (exact) mass is 269 g/mol. The molecule has 5 nitrogen and oxygen atoms in total. The number of thiophene rings is 1. The molecule has 1 saturated heterocycles. The van der Waals surface area contributed by atoms with Crippen LogP contribution in [0.25, 0.3) is 0 Å². The van der Waals surface area contributed by atoms with Gasteiger partial charge in [-0.25, -0.2) is 0 Å². The van der Waals surface area contributed by atoms with Crippen molar-refractivity contribution in [1.82, 2.24) is 4.90 Å². The molecule has 0 saturated carbocycles. The number of anilines is 2. The van der Waals surface area contributed by atoms with E-state index in [1.165, 1.54) is 11.3 Å². The number of ether oxygens (including phenoxy) is 1. The fourth-order valence-electron chi connectivity index (χ4n) is 2.04. The molecule has 1 atom stereocenters. The Morgan fingerprint density at radius 3 is 2.89 bits per heavy atom. The van der Waals surface area contributed by atoms with Gasteiger partial charge in [0.2, 0.25) is 0 Å². The van der Waals surface area contributed by atoms with Crippen LogP contribution in [0.15, 0.2) is 6.07 Å². The minimum Gasteiger partial charge on any atom is -0.397 e. The molecule has 2 rings (SSSR count). The van der Waals surface area contributed by atoms with E-state index in [0.717, 1.165) is 24.5 Å². The summed E-state index contributed by atoms with van der Waals surface area (Å²) in [7, 11) is 5.20. The molecule has 100 valence electrons. The van der Waals surface area contributed by atoms with Gasteiger partial charge in [0.25, 0.3) is 5.91 Å². The molecule has 1 aliphatic rings. The van der Waals surface area contributed by atoms with E-state index in [4.69, 9.17) is 10.5 Å². The molecule has 1 aliphatic heterocycles. The summed E-state index contributed by atoms with van der Waals surface area (Å²) in [5, 5.41) is 1.05. The van der Waals surface area contributed by atoms with Gasteiger partial charge in [-0.3, -0.25) is 4.79 Å². The SMILES string of the molecule is COC1CCN(c2cc(N)c(C(=O)N(C)C)s2)C1. The average Bonchev–Trinajstić information content (AvgIpc) is 2.93. The van der Waals surface area contributed by atoms with Crippen molar-refractivity contribution in [3.8, 4) is 0 Å². The molecule has 6 heteroatoms. The van der Waals surface area contributed by atoms with Crippen molar-refractivity contribution in [2.75, 3.05) is 44.9 Å². The third-order valence-electron chi connectivity index (χ3n) is 3.14. The summed E-state index contributed by atoms with van der Waals surface area (Å²) in [4.78, 5) is 16.3. The molecule has 0 aromatic carbocycles. The minimum atomic E-state index is -0.0359. The van der Waals surface area contributed by atoms with Crippen LogP contribution in [-0.4, -0.2) is 51.2 Å². The Labute approximate surface area is 111 Å². The molecule has 0 aliphatic carbocycles. The zero-order valence-corrected chi connectivity index (χ0v) is 11.8. The van der Waals surface area contributed by atoms with Crippen molar-refractivity contribution in [1.29, 1.82) is 0 Å². The molecule has 0 spiro atoms. The third-order valence-corrected chi connectivity index (χ3v) is 4.34. The van der Waals surface area contributed by atoms with Gasteiger partial charge in [0, 0.05) is 34.3 Å². The Morgan fingerprint density at radius 1 is 1.61 bits per heavy atom. The lowest BCUT2D eigenvalue weighted by Crippen LogP contribution is -2.21. The summed E-state index contributed by atoms with van der Waals surface area (Å²) < 4.78 is 5.34. The highest BCUT2D eigenvalue weighted by atomic mass is 32.1. The van der Waals surface area contributed by atoms with Crippen LogP contribution in [0.2, 0.25) is 0 Å². The molecule has 2 heterocycles. The summed E-state index contributed by atoms with van der Waals surface area (Å²) in [6.07, 6.45) is 1.30. The van der Waals surface area contributed by atoms with Crippen LogP contribution in [0, 0.1) is 0 Å². The lowest BCUT2D eigenvalue weighted by Gasteiger charge is -2.15. The molecular formula is C12H19N3O2S. The molecule has 0 radical (unpaired) electrons. The molecule has 1 aromatic heterocycles. The van der Waals surface area contributed by atoms with Gasteiger partial charge in [-0.1, -0.05) is 0 Å². The molecule has 1 unspecified atom stereocenters.